The zero-order chi connectivity index (χ0) is 14.7. The molecule has 0 aliphatic carbocycles. The summed E-state index contributed by atoms with van der Waals surface area (Å²) in [6, 6.07) is 15.8. The number of thiazole rings is 1. The van der Waals surface area contributed by atoms with Gasteiger partial charge in [0.25, 0.3) is 0 Å². The second kappa shape index (κ2) is 5.93. The average molecular weight is 297 g/mol. The van der Waals surface area contributed by atoms with Crippen molar-refractivity contribution in [3.8, 4) is 0 Å². The first-order valence-electron chi connectivity index (χ1n) is 6.67. The van der Waals surface area contributed by atoms with Crippen LogP contribution in [0.2, 0.25) is 0 Å². The number of carbonyl (C=O) groups is 1. The number of nitrogens with one attached hydrogen (secondary N) is 2. The van der Waals surface area contributed by atoms with Gasteiger partial charge in [0.15, 0.2) is 0 Å². The Morgan fingerprint density at radius 3 is 2.52 bits per heavy atom. The van der Waals surface area contributed by atoms with Gasteiger partial charge in [0.1, 0.15) is 5.01 Å². The second-order valence-electron chi connectivity index (χ2n) is 4.69. The fourth-order valence-corrected chi connectivity index (χ4v) is 2.95. The van der Waals surface area contributed by atoms with Crippen molar-refractivity contribution in [3.05, 3.63) is 53.5 Å². The van der Waals surface area contributed by atoms with E-state index >= 15 is 0 Å². The Bertz CT molecular complexity index is 732. The highest BCUT2D eigenvalue weighted by molar-refractivity contribution is 7.18. The van der Waals surface area contributed by atoms with E-state index in [1.54, 1.807) is 11.3 Å². The van der Waals surface area contributed by atoms with Crippen molar-refractivity contribution >= 4 is 38.8 Å². The second-order valence-corrected chi connectivity index (χ2v) is 5.80. The molecule has 0 saturated carbocycles. The highest BCUT2D eigenvalue weighted by Crippen LogP contribution is 2.22. The molecule has 1 amide bonds. The van der Waals surface area contributed by atoms with Crippen LogP contribution >= 0.6 is 11.3 Å². The predicted octanol–water partition coefficient (Wildman–Crippen LogP) is 3.87. The van der Waals surface area contributed by atoms with E-state index in [4.69, 9.17) is 0 Å². The van der Waals surface area contributed by atoms with Crippen molar-refractivity contribution in [3.63, 3.8) is 0 Å². The van der Waals surface area contributed by atoms with Gasteiger partial charge < -0.3 is 10.6 Å². The number of benzene rings is 2. The molecule has 0 unspecified atom stereocenters. The van der Waals surface area contributed by atoms with E-state index < -0.39 is 0 Å². The Kier molecular flexibility index (Phi) is 3.83. The van der Waals surface area contributed by atoms with Crippen LogP contribution in [0.4, 0.5) is 11.4 Å². The number of aromatic nitrogens is 1. The molecule has 2 aromatic carbocycles. The van der Waals surface area contributed by atoms with E-state index in [1.165, 1.54) is 11.6 Å². The lowest BCUT2D eigenvalue weighted by molar-refractivity contribution is -0.114. The maximum Gasteiger partial charge on any atom is 0.221 e. The number of fused-ring (bicyclic) bond motifs is 1. The lowest BCUT2D eigenvalue weighted by Crippen LogP contribution is -2.05. The molecular formula is C16H15N3OS. The van der Waals surface area contributed by atoms with E-state index in [2.05, 4.69) is 21.7 Å². The number of rotatable bonds is 4. The van der Waals surface area contributed by atoms with Gasteiger partial charge in [0.05, 0.1) is 16.8 Å². The Hall–Kier alpha value is -2.40. The number of para-hydroxylation sites is 1. The lowest BCUT2D eigenvalue weighted by atomic mass is 10.3. The molecule has 21 heavy (non-hydrogen) atoms. The smallest absolute Gasteiger partial charge is 0.221 e. The Morgan fingerprint density at radius 1 is 1.10 bits per heavy atom. The summed E-state index contributed by atoms with van der Waals surface area (Å²) in [5.74, 6) is -0.0646. The molecule has 106 valence electrons. The van der Waals surface area contributed by atoms with Crippen LogP contribution < -0.4 is 10.6 Å². The molecule has 1 heterocycles. The molecular weight excluding hydrogens is 282 g/mol. The molecule has 3 rings (SSSR count). The molecule has 0 fully saturated rings. The largest absolute Gasteiger partial charge is 0.379 e. The van der Waals surface area contributed by atoms with Crippen molar-refractivity contribution in [2.75, 3.05) is 10.6 Å². The van der Waals surface area contributed by atoms with Crippen molar-refractivity contribution in [2.45, 2.75) is 13.5 Å². The van der Waals surface area contributed by atoms with Crippen LogP contribution in [0.5, 0.6) is 0 Å². The van der Waals surface area contributed by atoms with Gasteiger partial charge in [0.2, 0.25) is 5.91 Å². The van der Waals surface area contributed by atoms with Crippen LogP contribution in [0.1, 0.15) is 11.9 Å². The minimum Gasteiger partial charge on any atom is -0.379 e. The molecule has 0 spiro atoms. The summed E-state index contributed by atoms with van der Waals surface area (Å²) in [5.41, 5.74) is 2.84. The van der Waals surface area contributed by atoms with Crippen molar-refractivity contribution in [1.82, 2.24) is 4.98 Å². The number of nitrogens with zero attached hydrogens (tertiary/aromatic N) is 1. The van der Waals surface area contributed by atoms with Gasteiger partial charge in [-0.15, -0.1) is 11.3 Å². The zero-order valence-electron chi connectivity index (χ0n) is 11.6. The molecule has 0 radical (unpaired) electrons. The van der Waals surface area contributed by atoms with E-state index in [0.717, 1.165) is 21.9 Å². The number of hydrogen-bond donors (Lipinski definition) is 2. The standard InChI is InChI=1S/C16H15N3OS/c1-11(20)18-13-8-6-12(7-9-13)17-10-16-19-14-4-2-3-5-15(14)21-16/h2-9,17H,10H2,1H3,(H,18,20). The topological polar surface area (TPSA) is 54.0 Å². The van der Waals surface area contributed by atoms with Gasteiger partial charge in [0, 0.05) is 18.3 Å². The molecule has 2 N–H and O–H groups in total. The van der Waals surface area contributed by atoms with Crippen LogP contribution in [0, 0.1) is 0 Å². The summed E-state index contributed by atoms with van der Waals surface area (Å²) in [5, 5.41) is 7.14. The van der Waals surface area contributed by atoms with Crippen LogP contribution in [0.25, 0.3) is 10.2 Å². The molecule has 0 bridgehead atoms. The Labute approximate surface area is 126 Å². The van der Waals surface area contributed by atoms with E-state index in [1.807, 2.05) is 42.5 Å². The first-order chi connectivity index (χ1) is 10.2. The molecule has 5 heteroatoms. The third-order valence-corrected chi connectivity index (χ3v) is 4.02. The van der Waals surface area contributed by atoms with E-state index in [9.17, 15) is 4.79 Å². The first kappa shape index (κ1) is 13.6. The van der Waals surface area contributed by atoms with Crippen LogP contribution in [-0.2, 0) is 11.3 Å². The number of anilines is 2. The summed E-state index contributed by atoms with van der Waals surface area (Å²) in [4.78, 5) is 15.5. The maximum atomic E-state index is 11.0. The quantitative estimate of drug-likeness (QED) is 0.768. The van der Waals surface area contributed by atoms with Gasteiger partial charge in [-0.3, -0.25) is 4.79 Å². The number of amides is 1. The van der Waals surface area contributed by atoms with Gasteiger partial charge in [-0.2, -0.15) is 0 Å². The van der Waals surface area contributed by atoms with E-state index in [0.29, 0.717) is 6.54 Å². The summed E-state index contributed by atoms with van der Waals surface area (Å²) < 4.78 is 1.20. The van der Waals surface area contributed by atoms with Gasteiger partial charge in [-0.1, -0.05) is 12.1 Å². The molecule has 0 aliphatic rings. The van der Waals surface area contributed by atoms with E-state index in [-0.39, 0.29) is 5.91 Å². The highest BCUT2D eigenvalue weighted by atomic mass is 32.1. The van der Waals surface area contributed by atoms with Gasteiger partial charge in [-0.25, -0.2) is 4.98 Å². The molecule has 3 aromatic rings. The Morgan fingerprint density at radius 2 is 1.81 bits per heavy atom. The predicted molar refractivity (Wildman–Crippen MR) is 87.7 cm³/mol. The first-order valence-corrected chi connectivity index (χ1v) is 7.48. The van der Waals surface area contributed by atoms with Gasteiger partial charge >= 0.3 is 0 Å². The monoisotopic (exact) mass is 297 g/mol. The molecule has 0 aliphatic heterocycles. The third-order valence-electron chi connectivity index (χ3n) is 2.99. The molecule has 0 atom stereocenters. The minimum atomic E-state index is -0.0646. The normalized spacial score (nSPS) is 10.5. The number of hydrogen-bond acceptors (Lipinski definition) is 4. The number of carbonyl (C=O) groups excluding carboxylic acids is 1. The molecule has 0 saturated heterocycles. The fraction of sp³-hybridized carbons (Fsp3) is 0.125. The summed E-state index contributed by atoms with van der Waals surface area (Å²) in [7, 11) is 0. The minimum absolute atomic E-state index is 0.0646. The summed E-state index contributed by atoms with van der Waals surface area (Å²) in [6.45, 7) is 2.19. The van der Waals surface area contributed by atoms with Crippen molar-refractivity contribution in [1.29, 1.82) is 0 Å². The van der Waals surface area contributed by atoms with Crippen molar-refractivity contribution < 1.29 is 4.79 Å². The maximum absolute atomic E-state index is 11.0. The average Bonchev–Trinajstić information content (AvgIpc) is 2.89. The van der Waals surface area contributed by atoms with Crippen molar-refractivity contribution in [2.24, 2.45) is 0 Å². The highest BCUT2D eigenvalue weighted by Gasteiger charge is 2.03. The Balaban J connectivity index is 1.65. The van der Waals surface area contributed by atoms with Crippen LogP contribution in [-0.4, -0.2) is 10.9 Å². The third kappa shape index (κ3) is 3.38. The lowest BCUT2D eigenvalue weighted by Gasteiger charge is -2.06. The zero-order valence-corrected chi connectivity index (χ0v) is 12.4. The van der Waals surface area contributed by atoms with Gasteiger partial charge in [-0.05, 0) is 36.4 Å². The fourth-order valence-electron chi connectivity index (χ4n) is 2.05. The van der Waals surface area contributed by atoms with Crippen LogP contribution in [0.15, 0.2) is 48.5 Å². The van der Waals surface area contributed by atoms with Crippen LogP contribution in [0.3, 0.4) is 0 Å². The molecule has 4 nitrogen and oxygen atoms in total. The summed E-state index contributed by atoms with van der Waals surface area (Å²) >= 11 is 1.70. The molecule has 1 aromatic heterocycles. The SMILES string of the molecule is CC(=O)Nc1ccc(NCc2nc3ccccc3s2)cc1. The summed E-state index contributed by atoms with van der Waals surface area (Å²) in [6.07, 6.45) is 0.